The van der Waals surface area contributed by atoms with Crippen molar-refractivity contribution < 1.29 is 0 Å². The lowest BCUT2D eigenvalue weighted by Gasteiger charge is -1.97. The minimum atomic E-state index is 0.681. The molecule has 4 heteroatoms. The Morgan fingerprint density at radius 1 is 1.23 bits per heavy atom. The first-order valence-corrected chi connectivity index (χ1v) is 4.07. The van der Waals surface area contributed by atoms with Crippen LogP contribution in [0.4, 0.5) is 0 Å². The Morgan fingerprint density at radius 3 is 2.62 bits per heavy atom. The summed E-state index contributed by atoms with van der Waals surface area (Å²) in [5, 5.41) is 11.9. The van der Waals surface area contributed by atoms with Crippen LogP contribution < -0.4 is 0 Å². The summed E-state index contributed by atoms with van der Waals surface area (Å²) in [5.41, 5.74) is 2.20. The number of hydrogen-bond acceptors (Lipinski definition) is 3. The molecule has 0 radical (unpaired) electrons. The molecule has 0 saturated carbocycles. The van der Waals surface area contributed by atoms with E-state index in [0.717, 1.165) is 11.1 Å². The van der Waals surface area contributed by atoms with Gasteiger partial charge in [-0.15, -0.1) is 10.2 Å². The van der Waals surface area contributed by atoms with E-state index in [0.29, 0.717) is 5.82 Å². The standard InChI is InChI=1S/C9H10N4/c1-7-5-3-4-6-8(7)9-10-12-13(2)11-9/h3-6H,1-2H3. The van der Waals surface area contributed by atoms with Crippen molar-refractivity contribution in [1.82, 2.24) is 20.2 Å². The summed E-state index contributed by atoms with van der Waals surface area (Å²) < 4.78 is 0. The van der Waals surface area contributed by atoms with E-state index in [1.807, 2.05) is 31.2 Å². The number of tetrazole rings is 1. The Morgan fingerprint density at radius 2 is 2.00 bits per heavy atom. The topological polar surface area (TPSA) is 43.6 Å². The maximum atomic E-state index is 4.14. The first-order valence-electron chi connectivity index (χ1n) is 4.07. The lowest BCUT2D eigenvalue weighted by atomic mass is 10.1. The molecule has 2 rings (SSSR count). The molecule has 1 aromatic heterocycles. The van der Waals surface area contributed by atoms with Gasteiger partial charge in [0, 0.05) is 5.56 Å². The van der Waals surface area contributed by atoms with Crippen LogP contribution in [0.2, 0.25) is 0 Å². The molecule has 0 saturated heterocycles. The fourth-order valence-corrected chi connectivity index (χ4v) is 1.22. The van der Waals surface area contributed by atoms with Gasteiger partial charge in [-0.25, -0.2) is 0 Å². The van der Waals surface area contributed by atoms with Crippen LogP contribution in [0.5, 0.6) is 0 Å². The SMILES string of the molecule is Cc1ccccc1-c1nnn(C)n1. The molecule has 0 atom stereocenters. The maximum absolute atomic E-state index is 4.14. The third-order valence-electron chi connectivity index (χ3n) is 1.89. The Kier molecular flexibility index (Phi) is 1.81. The Balaban J connectivity index is 2.52. The predicted molar refractivity (Wildman–Crippen MR) is 49.0 cm³/mol. The second-order valence-electron chi connectivity index (χ2n) is 2.92. The van der Waals surface area contributed by atoms with Crippen LogP contribution in [-0.2, 0) is 7.05 Å². The number of aromatic nitrogens is 4. The monoisotopic (exact) mass is 174 g/mol. The van der Waals surface area contributed by atoms with Gasteiger partial charge in [-0.2, -0.15) is 4.80 Å². The van der Waals surface area contributed by atoms with Crippen molar-refractivity contribution in [2.45, 2.75) is 6.92 Å². The van der Waals surface area contributed by atoms with Gasteiger partial charge in [-0.05, 0) is 17.7 Å². The van der Waals surface area contributed by atoms with Crippen LogP contribution in [0.1, 0.15) is 5.56 Å². The molecule has 0 spiro atoms. The van der Waals surface area contributed by atoms with Crippen molar-refractivity contribution in [3.05, 3.63) is 29.8 Å². The van der Waals surface area contributed by atoms with Gasteiger partial charge < -0.3 is 0 Å². The quantitative estimate of drug-likeness (QED) is 0.652. The van der Waals surface area contributed by atoms with Crippen molar-refractivity contribution in [2.24, 2.45) is 7.05 Å². The average Bonchev–Trinajstić information content (AvgIpc) is 2.53. The van der Waals surface area contributed by atoms with E-state index >= 15 is 0 Å². The third-order valence-corrected chi connectivity index (χ3v) is 1.89. The van der Waals surface area contributed by atoms with E-state index in [4.69, 9.17) is 0 Å². The van der Waals surface area contributed by atoms with Gasteiger partial charge in [0.1, 0.15) is 0 Å². The summed E-state index contributed by atoms with van der Waals surface area (Å²) in [6.45, 7) is 2.03. The lowest BCUT2D eigenvalue weighted by molar-refractivity contribution is 0.630. The lowest BCUT2D eigenvalue weighted by Crippen LogP contribution is -1.92. The molecular formula is C9H10N4. The van der Waals surface area contributed by atoms with Crippen LogP contribution in [0, 0.1) is 6.92 Å². The fraction of sp³-hybridized carbons (Fsp3) is 0.222. The largest absolute Gasteiger partial charge is 0.205 e. The number of aryl methyl sites for hydroxylation is 2. The van der Waals surface area contributed by atoms with E-state index in [9.17, 15) is 0 Å². The molecule has 0 aliphatic heterocycles. The van der Waals surface area contributed by atoms with Crippen LogP contribution in [0.25, 0.3) is 11.4 Å². The van der Waals surface area contributed by atoms with Crippen LogP contribution in [-0.4, -0.2) is 20.2 Å². The highest BCUT2D eigenvalue weighted by atomic mass is 15.6. The summed E-state index contributed by atoms with van der Waals surface area (Å²) in [4.78, 5) is 1.46. The normalized spacial score (nSPS) is 10.3. The van der Waals surface area contributed by atoms with Crippen LogP contribution in [0.3, 0.4) is 0 Å². The highest BCUT2D eigenvalue weighted by Crippen LogP contribution is 2.17. The Labute approximate surface area is 76.2 Å². The molecule has 1 heterocycles. The smallest absolute Gasteiger partial charge is 0.167 e. The molecule has 0 N–H and O–H groups in total. The zero-order valence-electron chi connectivity index (χ0n) is 7.60. The van der Waals surface area contributed by atoms with Crippen LogP contribution in [0.15, 0.2) is 24.3 Å². The van der Waals surface area contributed by atoms with E-state index < -0.39 is 0 Å². The Hall–Kier alpha value is -1.71. The molecule has 66 valence electrons. The van der Waals surface area contributed by atoms with Crippen molar-refractivity contribution in [1.29, 1.82) is 0 Å². The molecule has 0 aliphatic carbocycles. The number of hydrogen-bond donors (Lipinski definition) is 0. The number of rotatable bonds is 1. The van der Waals surface area contributed by atoms with Gasteiger partial charge in [0.25, 0.3) is 0 Å². The molecular weight excluding hydrogens is 164 g/mol. The van der Waals surface area contributed by atoms with Gasteiger partial charge in [0.15, 0.2) is 0 Å². The van der Waals surface area contributed by atoms with Crippen molar-refractivity contribution in [3.8, 4) is 11.4 Å². The second-order valence-corrected chi connectivity index (χ2v) is 2.92. The number of nitrogens with zero attached hydrogens (tertiary/aromatic N) is 4. The van der Waals surface area contributed by atoms with Gasteiger partial charge in [0.2, 0.25) is 5.82 Å². The summed E-state index contributed by atoms with van der Waals surface area (Å²) in [6, 6.07) is 7.99. The van der Waals surface area contributed by atoms with Crippen LogP contribution >= 0.6 is 0 Å². The van der Waals surface area contributed by atoms with E-state index in [2.05, 4.69) is 15.4 Å². The highest BCUT2D eigenvalue weighted by Gasteiger charge is 2.05. The first kappa shape index (κ1) is 7.91. The minimum absolute atomic E-state index is 0.681. The molecule has 1 aromatic carbocycles. The summed E-state index contributed by atoms with van der Waals surface area (Å²) >= 11 is 0. The molecule has 0 amide bonds. The maximum Gasteiger partial charge on any atom is 0.205 e. The van der Waals surface area contributed by atoms with Gasteiger partial charge in [-0.3, -0.25) is 0 Å². The fourth-order valence-electron chi connectivity index (χ4n) is 1.22. The van der Waals surface area contributed by atoms with Crippen molar-refractivity contribution >= 4 is 0 Å². The van der Waals surface area contributed by atoms with Gasteiger partial charge in [-0.1, -0.05) is 24.3 Å². The summed E-state index contributed by atoms with van der Waals surface area (Å²) in [6.07, 6.45) is 0. The van der Waals surface area contributed by atoms with Gasteiger partial charge in [0.05, 0.1) is 7.05 Å². The average molecular weight is 174 g/mol. The zero-order chi connectivity index (χ0) is 9.26. The molecule has 4 nitrogen and oxygen atoms in total. The molecule has 0 bridgehead atoms. The Bertz CT molecular complexity index is 419. The molecule has 13 heavy (non-hydrogen) atoms. The molecule has 0 fully saturated rings. The van der Waals surface area contributed by atoms with E-state index in [1.54, 1.807) is 7.05 Å². The molecule has 2 aromatic rings. The zero-order valence-corrected chi connectivity index (χ0v) is 7.60. The number of benzene rings is 1. The van der Waals surface area contributed by atoms with E-state index in [1.165, 1.54) is 4.80 Å². The van der Waals surface area contributed by atoms with Crippen molar-refractivity contribution in [3.63, 3.8) is 0 Å². The molecule has 0 aliphatic rings. The predicted octanol–water partition coefficient (Wildman–Crippen LogP) is 1.19. The van der Waals surface area contributed by atoms with E-state index in [-0.39, 0.29) is 0 Å². The summed E-state index contributed by atoms with van der Waals surface area (Å²) in [5.74, 6) is 0.681. The first-order chi connectivity index (χ1) is 6.27. The third kappa shape index (κ3) is 1.42. The second kappa shape index (κ2) is 2.97. The highest BCUT2D eigenvalue weighted by molar-refractivity contribution is 5.58. The van der Waals surface area contributed by atoms with Crippen molar-refractivity contribution in [2.75, 3.05) is 0 Å². The van der Waals surface area contributed by atoms with Gasteiger partial charge >= 0.3 is 0 Å². The molecule has 0 unspecified atom stereocenters. The summed E-state index contributed by atoms with van der Waals surface area (Å²) in [7, 11) is 1.76. The minimum Gasteiger partial charge on any atom is -0.167 e.